The fraction of sp³-hybridized carbons (Fsp3) is 0.512. The first-order valence-corrected chi connectivity index (χ1v) is 38.5. The summed E-state index contributed by atoms with van der Waals surface area (Å²) in [7, 11) is 0. The number of rotatable bonds is 34. The van der Waals surface area contributed by atoms with Crippen LogP contribution in [0, 0.1) is 35.5 Å². The monoisotopic (exact) mass is 1500 g/mol. The van der Waals surface area contributed by atoms with Gasteiger partial charge in [0.25, 0.3) is 17.7 Å². The second-order valence-electron chi connectivity index (χ2n) is 31.1. The van der Waals surface area contributed by atoms with Crippen molar-refractivity contribution < 1.29 is 67.6 Å². The maximum atomic E-state index is 13.9. The highest BCUT2D eigenvalue weighted by Gasteiger charge is 2.56. The maximum absolute atomic E-state index is 13.9. The summed E-state index contributed by atoms with van der Waals surface area (Å²) in [4.78, 5) is 145. The molecule has 8 N–H and O–H groups in total. The van der Waals surface area contributed by atoms with Crippen LogP contribution in [0.5, 0.6) is 0 Å². The molecule has 2 aliphatic carbocycles. The van der Waals surface area contributed by atoms with Crippen molar-refractivity contribution in [2.24, 2.45) is 34.3 Å². The highest BCUT2D eigenvalue weighted by Crippen LogP contribution is 2.60. The van der Waals surface area contributed by atoms with E-state index in [-0.39, 0.29) is 103 Å². The van der Waals surface area contributed by atoms with E-state index in [0.29, 0.717) is 142 Å². The molecule has 28 heteroatoms. The van der Waals surface area contributed by atoms with Crippen LogP contribution in [-0.2, 0) is 64.4 Å². The second kappa shape index (κ2) is 35.0. The van der Waals surface area contributed by atoms with Crippen LogP contribution in [0.2, 0.25) is 0 Å². The fourth-order valence-corrected chi connectivity index (χ4v) is 18.2. The minimum absolute atomic E-state index is 0.0103. The third-order valence-corrected chi connectivity index (χ3v) is 22.8. The van der Waals surface area contributed by atoms with Gasteiger partial charge in [-0.15, -0.1) is 0 Å². The summed E-state index contributed by atoms with van der Waals surface area (Å²) in [5.41, 5.74) is 10.7. The SMILES string of the molecule is Cc1c(-c2ccc(N3CCc4cccc(C(=O)Nc5nc6ccccc6s5)c4C3)nc2C(=O)O)cnn1CC1(C)CC2(C)CC(C)CC(OCCN(CCC(=O)O)C3CCN(C(=O)OCc4ccc(NC(=O)[C@H](CCCNC(N)=O)CC(=O)[C@@H](NC(=O)CCCCCN5C(=O)C=CC5=O)C(C)C)cc4)CC3)(C2)C1. The molecule has 3 aromatic carbocycles. The van der Waals surface area contributed by atoms with E-state index in [1.807, 2.05) is 65.0 Å². The number of carboxylic acids is 2. The van der Waals surface area contributed by atoms with E-state index in [1.54, 1.807) is 55.3 Å². The van der Waals surface area contributed by atoms with Gasteiger partial charge < -0.3 is 51.2 Å². The van der Waals surface area contributed by atoms with Crippen LogP contribution in [-0.4, -0.2) is 174 Å². The van der Waals surface area contributed by atoms with Gasteiger partial charge in [-0.05, 0) is 166 Å². The van der Waals surface area contributed by atoms with E-state index < -0.39 is 47.5 Å². The fourth-order valence-electron chi connectivity index (χ4n) is 17.4. The van der Waals surface area contributed by atoms with Crippen molar-refractivity contribution >= 4 is 97.6 Å². The Morgan fingerprint density at radius 1 is 0.815 bits per heavy atom. The molecule has 8 amide bonds. The summed E-state index contributed by atoms with van der Waals surface area (Å²) in [6.45, 7) is 16.4. The first-order chi connectivity index (χ1) is 51.6. The number of hydrogen-bond donors (Lipinski definition) is 7. The number of imide groups is 1. The zero-order chi connectivity index (χ0) is 77.0. The second-order valence-corrected chi connectivity index (χ2v) is 32.2. The molecule has 1 saturated heterocycles. The number of urea groups is 1. The lowest BCUT2D eigenvalue weighted by molar-refractivity contribution is -0.180. The summed E-state index contributed by atoms with van der Waals surface area (Å²) >= 11 is 1.41. The molecule has 4 unspecified atom stereocenters. The van der Waals surface area contributed by atoms with Crippen LogP contribution >= 0.6 is 11.3 Å². The Morgan fingerprint density at radius 3 is 2.30 bits per heavy atom. The van der Waals surface area contributed by atoms with Crippen molar-refractivity contribution in [1.82, 2.24) is 45.1 Å². The molecular weight excluding hydrogens is 1400 g/mol. The number of nitrogens with two attached hydrogens (primary N) is 1. The molecule has 27 nitrogen and oxygen atoms in total. The van der Waals surface area contributed by atoms with Crippen LogP contribution in [0.4, 0.5) is 26.2 Å². The third-order valence-electron chi connectivity index (χ3n) is 21.9. The number of para-hydroxylation sites is 1. The van der Waals surface area contributed by atoms with E-state index in [0.717, 1.165) is 64.0 Å². The van der Waals surface area contributed by atoms with Crippen LogP contribution < -0.4 is 31.9 Å². The van der Waals surface area contributed by atoms with Gasteiger partial charge in [-0.25, -0.2) is 24.4 Å². The summed E-state index contributed by atoms with van der Waals surface area (Å²) in [6, 6.07) is 22.3. The van der Waals surface area contributed by atoms with Gasteiger partial charge in [-0.1, -0.05) is 88.8 Å². The summed E-state index contributed by atoms with van der Waals surface area (Å²) in [5.74, 6) is -4.36. The number of carbonyl (C=O) groups is 10. The van der Waals surface area contributed by atoms with E-state index in [4.69, 9.17) is 25.3 Å². The van der Waals surface area contributed by atoms with E-state index in [9.17, 15) is 58.2 Å². The number of primary amides is 1. The molecule has 6 atom stereocenters. The van der Waals surface area contributed by atoms with Crippen molar-refractivity contribution in [2.75, 3.05) is 68.0 Å². The number of carboxylic acid groups (broad SMARTS) is 2. The molecule has 3 fully saturated rings. The number of hydrogen-bond acceptors (Lipinski definition) is 18. The number of thiazole rings is 1. The van der Waals surface area contributed by atoms with Crippen LogP contribution in [0.3, 0.4) is 0 Å². The molecule has 0 radical (unpaired) electrons. The average Bonchev–Trinajstić information content (AvgIpc) is 0.895. The number of pyridine rings is 1. The number of aliphatic carboxylic acids is 1. The average molecular weight is 1500 g/mol. The number of nitrogens with zero attached hydrogens (tertiary/aromatic N) is 8. The molecule has 3 aromatic heterocycles. The largest absolute Gasteiger partial charge is 0.481 e. The number of benzene rings is 3. The van der Waals surface area contributed by atoms with Crippen LogP contribution in [0.1, 0.15) is 174 Å². The van der Waals surface area contributed by atoms with E-state index in [2.05, 4.69) is 51.9 Å². The number of likely N-dealkylation sites (tertiary alicyclic amines) is 1. The highest BCUT2D eigenvalue weighted by molar-refractivity contribution is 7.22. The smallest absolute Gasteiger partial charge is 0.410 e. The Morgan fingerprint density at radius 2 is 1.57 bits per heavy atom. The van der Waals surface area contributed by atoms with E-state index in [1.165, 1.54) is 23.5 Å². The van der Waals surface area contributed by atoms with Gasteiger partial charge in [0.1, 0.15) is 12.4 Å². The van der Waals surface area contributed by atoms with Gasteiger partial charge in [-0.3, -0.25) is 53.4 Å². The number of Topliss-reactive ketones (excluding diaryl/α,β-unsaturated/α-hetero) is 1. The molecule has 2 bridgehead atoms. The van der Waals surface area contributed by atoms with Crippen molar-refractivity contribution in [3.05, 3.63) is 131 Å². The number of amides is 8. The molecule has 108 heavy (non-hydrogen) atoms. The minimum Gasteiger partial charge on any atom is -0.481 e. The Kier molecular flexibility index (Phi) is 25.6. The molecule has 3 aliphatic heterocycles. The molecule has 6 aromatic rings. The topological polar surface area (TPSA) is 360 Å². The summed E-state index contributed by atoms with van der Waals surface area (Å²) < 4.78 is 16.0. The summed E-state index contributed by atoms with van der Waals surface area (Å²) in [5, 5.41) is 37.4. The number of nitrogens with one attached hydrogen (secondary N) is 4. The number of unbranched alkanes of at least 4 members (excludes halogenated alkanes) is 2. The van der Waals surface area contributed by atoms with Crippen molar-refractivity contribution in [2.45, 2.75) is 182 Å². The van der Waals surface area contributed by atoms with Gasteiger partial charge in [0, 0.05) is 124 Å². The molecule has 2 saturated carbocycles. The van der Waals surface area contributed by atoms with Gasteiger partial charge >= 0.3 is 24.1 Å². The summed E-state index contributed by atoms with van der Waals surface area (Å²) in [6.07, 6.45) is 12.1. The molecule has 6 heterocycles. The molecule has 5 aliphatic rings. The number of piperidine rings is 1. The predicted molar refractivity (Wildman–Crippen MR) is 408 cm³/mol. The lowest BCUT2D eigenvalue weighted by Gasteiger charge is -2.59. The van der Waals surface area contributed by atoms with Gasteiger partial charge in [0.2, 0.25) is 11.8 Å². The number of fused-ring (bicyclic) bond motifs is 4. The zero-order valence-electron chi connectivity index (χ0n) is 62.6. The van der Waals surface area contributed by atoms with E-state index >= 15 is 0 Å². The Bertz CT molecular complexity index is 4310. The Labute approximate surface area is 633 Å². The standard InChI is InChI=1S/C80H101N13O14S/c1-50(2)70(87-66(95)19-8-7-11-33-92-67(96)26-27-68(92)97)63(94)40-55(15-13-32-82-75(81)104)72(100)84-56-22-20-53(21-23-56)45-106-77(105)90-35-29-57(30-36-90)89(37-31-69(98)99)38-39-107-80-42-51(3)41-78(5,47-80)46-79(6,48-80)49-93-52(4)60(43-83-93)58-24-25-65(86-71(58)74(102)103)91-34-28-54-14-12-16-59(61(54)44-91)73(101)88-76-85-62-17-9-10-18-64(62)108-76/h9-10,12,14,16-18,20-27,43,50-51,55,57,70H,7-8,11,13,15,19,28-42,44-49H2,1-6H3,(H,84,100)(H,87,95)(H,98,99)(H,102,103)(H3,81,82,104)(H,85,88,101)/t51?,55-,70+,78?,79?,80?/m1/s1. The number of ether oxygens (including phenoxy) is 2. The van der Waals surface area contributed by atoms with Crippen molar-refractivity contribution in [3.63, 3.8) is 0 Å². The normalized spacial score (nSPS) is 20.5. The lowest BCUT2D eigenvalue weighted by atomic mass is 9.51. The minimum atomic E-state index is -1.16. The molecule has 11 rings (SSSR count). The third kappa shape index (κ3) is 20.1. The van der Waals surface area contributed by atoms with Gasteiger partial charge in [-0.2, -0.15) is 5.10 Å². The zero-order valence-corrected chi connectivity index (χ0v) is 63.4. The highest BCUT2D eigenvalue weighted by atomic mass is 32.1. The Hall–Kier alpha value is -9.93. The number of aromatic carboxylic acids is 1. The van der Waals surface area contributed by atoms with Gasteiger partial charge in [0.15, 0.2) is 16.6 Å². The van der Waals surface area contributed by atoms with Crippen molar-refractivity contribution in [1.29, 1.82) is 0 Å². The van der Waals surface area contributed by atoms with Crippen molar-refractivity contribution in [3.8, 4) is 11.1 Å². The first kappa shape index (κ1) is 79.1. The van der Waals surface area contributed by atoms with Crippen LogP contribution in [0.15, 0.2) is 97.2 Å². The quantitative estimate of drug-likeness (QED) is 0.0146. The molecule has 0 spiro atoms. The number of anilines is 3. The first-order valence-electron chi connectivity index (χ1n) is 37.7. The molecule has 576 valence electrons. The lowest BCUT2D eigenvalue weighted by Crippen LogP contribution is -2.56. The molecular formula is C80H101N13O14S. The number of carbonyl (C=O) groups excluding carboxylic acids is 8. The number of aromatic nitrogens is 4. The number of ketones is 1. The van der Waals surface area contributed by atoms with Crippen LogP contribution in [0.25, 0.3) is 21.3 Å². The Balaban J connectivity index is 0.659. The van der Waals surface area contributed by atoms with Gasteiger partial charge in [0.05, 0.1) is 41.1 Å². The maximum Gasteiger partial charge on any atom is 0.410 e. The predicted octanol–water partition coefficient (Wildman–Crippen LogP) is 10.9.